The SMILES string of the molecule is COc1cccc(N(CC(=O)N/N=C\c2ccc([N+](=O)[O-])cc2)S(C)(=O)=O)c1. The number of hydrazone groups is 1. The van der Waals surface area contributed by atoms with Crippen molar-refractivity contribution in [1.82, 2.24) is 5.43 Å². The van der Waals surface area contributed by atoms with Crippen molar-refractivity contribution in [3.8, 4) is 5.75 Å². The van der Waals surface area contributed by atoms with Gasteiger partial charge in [-0.25, -0.2) is 13.8 Å². The summed E-state index contributed by atoms with van der Waals surface area (Å²) in [5.41, 5.74) is 2.96. The Morgan fingerprint density at radius 3 is 2.54 bits per heavy atom. The van der Waals surface area contributed by atoms with E-state index in [1.54, 1.807) is 12.1 Å². The van der Waals surface area contributed by atoms with Gasteiger partial charge in [0.2, 0.25) is 10.0 Å². The molecule has 2 aromatic carbocycles. The summed E-state index contributed by atoms with van der Waals surface area (Å²) in [6.07, 6.45) is 2.28. The van der Waals surface area contributed by atoms with Crippen LogP contribution >= 0.6 is 0 Å². The molecule has 148 valence electrons. The first-order chi connectivity index (χ1) is 13.2. The zero-order valence-electron chi connectivity index (χ0n) is 15.1. The van der Waals surface area contributed by atoms with E-state index in [2.05, 4.69) is 10.5 Å². The quantitative estimate of drug-likeness (QED) is 0.402. The number of rotatable bonds is 8. The smallest absolute Gasteiger partial charge is 0.269 e. The van der Waals surface area contributed by atoms with Crippen LogP contribution in [0, 0.1) is 10.1 Å². The van der Waals surface area contributed by atoms with Gasteiger partial charge in [0.15, 0.2) is 0 Å². The van der Waals surface area contributed by atoms with Crippen molar-refractivity contribution in [1.29, 1.82) is 0 Å². The van der Waals surface area contributed by atoms with Gasteiger partial charge in [-0.3, -0.25) is 19.2 Å². The molecule has 0 aromatic heterocycles. The fourth-order valence-corrected chi connectivity index (χ4v) is 3.04. The largest absolute Gasteiger partial charge is 0.497 e. The molecule has 2 rings (SSSR count). The number of benzene rings is 2. The predicted octanol–water partition coefficient (Wildman–Crippen LogP) is 1.52. The van der Waals surface area contributed by atoms with Crippen LogP contribution in [0.25, 0.3) is 0 Å². The van der Waals surface area contributed by atoms with Gasteiger partial charge < -0.3 is 4.74 Å². The van der Waals surface area contributed by atoms with Crippen molar-refractivity contribution < 1.29 is 22.9 Å². The fourth-order valence-electron chi connectivity index (χ4n) is 2.19. The minimum Gasteiger partial charge on any atom is -0.497 e. The fraction of sp³-hybridized carbons (Fsp3) is 0.176. The second-order valence-corrected chi connectivity index (χ2v) is 7.52. The van der Waals surface area contributed by atoms with E-state index >= 15 is 0 Å². The number of nitro benzene ring substituents is 1. The van der Waals surface area contributed by atoms with E-state index in [9.17, 15) is 23.3 Å². The lowest BCUT2D eigenvalue weighted by Gasteiger charge is -2.21. The molecule has 10 nitrogen and oxygen atoms in total. The Morgan fingerprint density at radius 1 is 1.29 bits per heavy atom. The van der Waals surface area contributed by atoms with Crippen LogP contribution in [0.2, 0.25) is 0 Å². The molecular formula is C17H18N4O6S. The monoisotopic (exact) mass is 406 g/mol. The topological polar surface area (TPSA) is 131 Å². The highest BCUT2D eigenvalue weighted by Gasteiger charge is 2.21. The number of methoxy groups -OCH3 is 1. The van der Waals surface area contributed by atoms with E-state index in [1.165, 1.54) is 49.7 Å². The van der Waals surface area contributed by atoms with Gasteiger partial charge in [-0.15, -0.1) is 0 Å². The molecule has 0 aliphatic carbocycles. The molecule has 0 saturated heterocycles. The van der Waals surface area contributed by atoms with Gasteiger partial charge in [-0.05, 0) is 29.8 Å². The number of nitrogens with zero attached hydrogens (tertiary/aromatic N) is 3. The van der Waals surface area contributed by atoms with Crippen LogP contribution in [0.4, 0.5) is 11.4 Å². The molecule has 0 radical (unpaired) electrons. The lowest BCUT2D eigenvalue weighted by Crippen LogP contribution is -2.39. The van der Waals surface area contributed by atoms with E-state index < -0.39 is 27.4 Å². The number of nitro groups is 1. The summed E-state index contributed by atoms with van der Waals surface area (Å²) in [5.74, 6) is -0.214. The molecule has 0 fully saturated rings. The van der Waals surface area contributed by atoms with Gasteiger partial charge in [0.25, 0.3) is 11.6 Å². The maximum absolute atomic E-state index is 12.1. The maximum Gasteiger partial charge on any atom is 0.269 e. The first-order valence-electron chi connectivity index (χ1n) is 7.89. The van der Waals surface area contributed by atoms with E-state index in [0.717, 1.165) is 10.6 Å². The summed E-state index contributed by atoms with van der Waals surface area (Å²) in [7, 11) is -2.28. The van der Waals surface area contributed by atoms with Gasteiger partial charge in [0, 0.05) is 18.2 Å². The van der Waals surface area contributed by atoms with Gasteiger partial charge in [-0.2, -0.15) is 5.10 Å². The number of anilines is 1. The van der Waals surface area contributed by atoms with Crippen LogP contribution in [0.1, 0.15) is 5.56 Å². The average molecular weight is 406 g/mol. The normalized spacial score (nSPS) is 11.2. The molecule has 1 amide bonds. The number of hydrogen-bond acceptors (Lipinski definition) is 7. The Balaban J connectivity index is 2.06. The Bertz CT molecular complexity index is 989. The Labute approximate surface area is 161 Å². The molecule has 0 atom stereocenters. The standard InChI is InChI=1S/C17H18N4O6S/c1-27-16-5-3-4-15(10-16)20(28(2,25)26)12-17(22)19-18-11-13-6-8-14(9-7-13)21(23)24/h3-11H,12H2,1-2H3,(H,19,22)/b18-11-. The average Bonchev–Trinajstić information content (AvgIpc) is 2.65. The highest BCUT2D eigenvalue weighted by atomic mass is 32.2. The molecule has 28 heavy (non-hydrogen) atoms. The predicted molar refractivity (Wildman–Crippen MR) is 104 cm³/mol. The molecule has 0 aliphatic heterocycles. The van der Waals surface area contributed by atoms with Crippen molar-refractivity contribution in [3.05, 3.63) is 64.2 Å². The van der Waals surface area contributed by atoms with Crippen LogP contribution in [-0.2, 0) is 14.8 Å². The second-order valence-electron chi connectivity index (χ2n) is 5.61. The van der Waals surface area contributed by atoms with Crippen LogP contribution in [-0.4, -0.2) is 45.4 Å². The van der Waals surface area contributed by atoms with Crippen LogP contribution in [0.5, 0.6) is 5.75 Å². The molecular weight excluding hydrogens is 388 g/mol. The zero-order chi connectivity index (χ0) is 20.7. The highest BCUT2D eigenvalue weighted by molar-refractivity contribution is 7.92. The van der Waals surface area contributed by atoms with E-state index in [1.807, 2.05) is 0 Å². The number of non-ortho nitro benzene ring substituents is 1. The summed E-state index contributed by atoms with van der Waals surface area (Å²) < 4.78 is 30.1. The van der Waals surface area contributed by atoms with Crippen molar-refractivity contribution in [2.75, 3.05) is 24.2 Å². The number of ether oxygens (including phenoxy) is 1. The lowest BCUT2D eigenvalue weighted by molar-refractivity contribution is -0.384. The minimum absolute atomic E-state index is 0.0664. The summed E-state index contributed by atoms with van der Waals surface area (Å²) >= 11 is 0. The molecule has 0 unspecified atom stereocenters. The van der Waals surface area contributed by atoms with Crippen LogP contribution in [0.15, 0.2) is 53.6 Å². The van der Waals surface area contributed by atoms with Crippen molar-refractivity contribution in [2.45, 2.75) is 0 Å². The number of sulfonamides is 1. The Kier molecular flexibility index (Phi) is 6.66. The molecule has 1 N–H and O–H groups in total. The van der Waals surface area contributed by atoms with Gasteiger partial charge in [0.1, 0.15) is 12.3 Å². The first-order valence-corrected chi connectivity index (χ1v) is 9.73. The first kappa shape index (κ1) is 20.8. The van der Waals surface area contributed by atoms with E-state index in [4.69, 9.17) is 4.74 Å². The molecule has 0 spiro atoms. The number of hydrogen-bond donors (Lipinski definition) is 1. The Morgan fingerprint density at radius 2 is 1.96 bits per heavy atom. The summed E-state index contributed by atoms with van der Waals surface area (Å²) in [4.78, 5) is 22.2. The summed E-state index contributed by atoms with van der Waals surface area (Å²) in [5, 5.41) is 14.3. The van der Waals surface area contributed by atoms with Crippen molar-refractivity contribution in [2.24, 2.45) is 5.10 Å². The summed E-state index contributed by atoms with van der Waals surface area (Å²) in [6, 6.07) is 11.8. The molecule has 2 aromatic rings. The van der Waals surface area contributed by atoms with Gasteiger partial charge in [0.05, 0.1) is 30.2 Å². The van der Waals surface area contributed by atoms with Crippen LogP contribution in [0.3, 0.4) is 0 Å². The minimum atomic E-state index is -3.73. The van der Waals surface area contributed by atoms with Crippen molar-refractivity contribution >= 4 is 33.5 Å². The Hall–Kier alpha value is -3.47. The molecule has 0 aliphatic rings. The van der Waals surface area contributed by atoms with E-state index in [-0.39, 0.29) is 11.4 Å². The zero-order valence-corrected chi connectivity index (χ0v) is 15.9. The molecule has 0 bridgehead atoms. The highest BCUT2D eigenvalue weighted by Crippen LogP contribution is 2.22. The number of carbonyl (C=O) groups excluding carboxylic acids is 1. The van der Waals surface area contributed by atoms with Crippen molar-refractivity contribution in [3.63, 3.8) is 0 Å². The number of carbonyl (C=O) groups is 1. The third-order valence-corrected chi connectivity index (χ3v) is 4.68. The van der Waals surface area contributed by atoms with Gasteiger partial charge >= 0.3 is 0 Å². The maximum atomic E-state index is 12.1. The molecule has 11 heteroatoms. The third kappa shape index (κ3) is 5.77. The second kappa shape index (κ2) is 8.95. The lowest BCUT2D eigenvalue weighted by atomic mass is 10.2. The van der Waals surface area contributed by atoms with Crippen LogP contribution < -0.4 is 14.5 Å². The third-order valence-electron chi connectivity index (χ3n) is 3.54. The molecule has 0 saturated carbocycles. The number of amides is 1. The van der Waals surface area contributed by atoms with E-state index in [0.29, 0.717) is 11.3 Å². The van der Waals surface area contributed by atoms with Gasteiger partial charge in [-0.1, -0.05) is 6.07 Å². The number of nitrogens with one attached hydrogen (secondary N) is 1. The summed E-state index contributed by atoms with van der Waals surface area (Å²) in [6.45, 7) is -0.483. The molecule has 0 heterocycles.